The normalized spacial score (nSPS) is 14.0. The van der Waals surface area contributed by atoms with Gasteiger partial charge in [-0.05, 0) is 24.3 Å². The van der Waals surface area contributed by atoms with E-state index in [9.17, 15) is 4.79 Å². The summed E-state index contributed by atoms with van der Waals surface area (Å²) in [4.78, 5) is 35.2. The Morgan fingerprint density at radius 1 is 1.06 bits per heavy atom. The second-order valence-electron chi connectivity index (χ2n) is 8.27. The molecule has 1 aliphatic rings. The first-order chi connectivity index (χ1) is 17.6. The van der Waals surface area contributed by atoms with Gasteiger partial charge in [0.2, 0.25) is 11.9 Å². The van der Waals surface area contributed by atoms with Crippen LogP contribution in [0.3, 0.4) is 0 Å². The predicted octanol–water partition coefficient (Wildman–Crippen LogP) is 1.96. The van der Waals surface area contributed by atoms with Gasteiger partial charge in [-0.3, -0.25) is 9.69 Å². The van der Waals surface area contributed by atoms with Gasteiger partial charge in [0.15, 0.2) is 0 Å². The SMILES string of the molecule is CCc1nc(Nc2cc(C(=O)Nc3ccccc3)ccn2)nc(N2CCN(CCOCCO)CC2)n1. The number of nitrogens with zero attached hydrogens (tertiary/aromatic N) is 6. The van der Waals surface area contributed by atoms with Crippen molar-refractivity contribution in [3.63, 3.8) is 0 Å². The molecule has 0 unspecified atom stereocenters. The Bertz CT molecular complexity index is 1120. The van der Waals surface area contributed by atoms with Gasteiger partial charge in [-0.2, -0.15) is 15.0 Å². The highest BCUT2D eigenvalue weighted by Crippen LogP contribution is 2.18. The molecule has 0 spiro atoms. The molecule has 11 nitrogen and oxygen atoms in total. The van der Waals surface area contributed by atoms with Crippen LogP contribution in [0, 0.1) is 0 Å². The summed E-state index contributed by atoms with van der Waals surface area (Å²) in [6.07, 6.45) is 2.24. The number of aromatic nitrogens is 4. The number of ether oxygens (including phenoxy) is 1. The van der Waals surface area contributed by atoms with E-state index >= 15 is 0 Å². The molecule has 3 heterocycles. The zero-order valence-corrected chi connectivity index (χ0v) is 20.4. The van der Waals surface area contributed by atoms with Crippen molar-refractivity contribution in [2.75, 3.05) is 68.1 Å². The lowest BCUT2D eigenvalue weighted by atomic mass is 10.2. The lowest BCUT2D eigenvalue weighted by molar-refractivity contribution is 0.0724. The third kappa shape index (κ3) is 7.17. The zero-order valence-electron chi connectivity index (χ0n) is 20.4. The van der Waals surface area contributed by atoms with Gasteiger partial charge in [-0.25, -0.2) is 4.98 Å². The van der Waals surface area contributed by atoms with Crippen LogP contribution in [0.5, 0.6) is 0 Å². The second kappa shape index (κ2) is 12.9. The number of carbonyl (C=O) groups is 1. The summed E-state index contributed by atoms with van der Waals surface area (Å²) in [6.45, 7) is 7.19. The van der Waals surface area contributed by atoms with Crippen LogP contribution in [0.15, 0.2) is 48.7 Å². The Balaban J connectivity index is 1.40. The average Bonchev–Trinajstić information content (AvgIpc) is 2.92. The van der Waals surface area contributed by atoms with Crippen molar-refractivity contribution in [3.05, 3.63) is 60.0 Å². The van der Waals surface area contributed by atoms with Gasteiger partial charge in [0, 0.05) is 56.6 Å². The van der Waals surface area contributed by atoms with Crippen LogP contribution in [-0.2, 0) is 11.2 Å². The summed E-state index contributed by atoms with van der Waals surface area (Å²) in [5.41, 5.74) is 1.20. The molecule has 4 rings (SSSR count). The smallest absolute Gasteiger partial charge is 0.255 e. The number of hydrogen-bond acceptors (Lipinski definition) is 10. The summed E-state index contributed by atoms with van der Waals surface area (Å²) >= 11 is 0. The number of carbonyl (C=O) groups excluding carboxylic acids is 1. The number of hydrogen-bond donors (Lipinski definition) is 3. The fraction of sp³-hybridized carbons (Fsp3) is 0.400. The first kappa shape index (κ1) is 25.4. The van der Waals surface area contributed by atoms with E-state index in [1.54, 1.807) is 18.3 Å². The second-order valence-corrected chi connectivity index (χ2v) is 8.27. The molecule has 0 saturated carbocycles. The number of rotatable bonds is 11. The maximum absolute atomic E-state index is 12.7. The molecule has 1 saturated heterocycles. The number of aliphatic hydroxyl groups is 1. The van der Waals surface area contributed by atoms with Crippen LogP contribution < -0.4 is 15.5 Å². The number of nitrogens with one attached hydrogen (secondary N) is 2. The Morgan fingerprint density at radius 3 is 2.61 bits per heavy atom. The van der Waals surface area contributed by atoms with Crippen LogP contribution in [-0.4, -0.2) is 88.4 Å². The molecular weight excluding hydrogens is 460 g/mol. The maximum atomic E-state index is 12.7. The molecule has 1 fully saturated rings. The molecule has 0 aliphatic carbocycles. The van der Waals surface area contributed by atoms with E-state index in [0.717, 1.165) is 38.4 Å². The standard InChI is InChI=1S/C25H32N8O3/c1-2-21-28-24(31-25(30-21)33-12-10-32(11-13-33)14-16-36-17-15-34)29-22-18-19(8-9-26-22)23(35)27-20-6-4-3-5-7-20/h3-9,18,34H,2,10-17H2,1H3,(H,27,35)(H,26,28,29,30,31). The van der Waals surface area contributed by atoms with Crippen molar-refractivity contribution in [1.29, 1.82) is 0 Å². The van der Waals surface area contributed by atoms with E-state index in [1.807, 2.05) is 37.3 Å². The number of piperazine rings is 1. The Hall–Kier alpha value is -3.67. The maximum Gasteiger partial charge on any atom is 0.255 e. The third-order valence-corrected chi connectivity index (χ3v) is 5.72. The van der Waals surface area contributed by atoms with E-state index in [1.165, 1.54) is 0 Å². The van der Waals surface area contributed by atoms with Crippen molar-refractivity contribution in [3.8, 4) is 0 Å². The Labute approximate surface area is 210 Å². The minimum atomic E-state index is -0.225. The van der Waals surface area contributed by atoms with Gasteiger partial charge in [-0.1, -0.05) is 25.1 Å². The minimum absolute atomic E-state index is 0.0456. The van der Waals surface area contributed by atoms with E-state index in [0.29, 0.717) is 48.7 Å². The lowest BCUT2D eigenvalue weighted by Gasteiger charge is -2.34. The molecule has 0 bridgehead atoms. The van der Waals surface area contributed by atoms with Gasteiger partial charge >= 0.3 is 0 Å². The minimum Gasteiger partial charge on any atom is -0.394 e. The molecule has 3 N–H and O–H groups in total. The molecule has 0 radical (unpaired) electrons. The first-order valence-electron chi connectivity index (χ1n) is 12.1. The van der Waals surface area contributed by atoms with Gasteiger partial charge in [-0.15, -0.1) is 0 Å². The number of aliphatic hydroxyl groups excluding tert-OH is 1. The van der Waals surface area contributed by atoms with Crippen molar-refractivity contribution in [2.45, 2.75) is 13.3 Å². The van der Waals surface area contributed by atoms with Crippen molar-refractivity contribution >= 4 is 29.3 Å². The fourth-order valence-electron chi connectivity index (χ4n) is 3.77. The third-order valence-electron chi connectivity index (χ3n) is 5.72. The van der Waals surface area contributed by atoms with E-state index in [2.05, 4.69) is 40.4 Å². The number of benzene rings is 1. The summed E-state index contributed by atoms with van der Waals surface area (Å²) in [5, 5.41) is 14.8. The lowest BCUT2D eigenvalue weighted by Crippen LogP contribution is -2.48. The molecule has 190 valence electrons. The van der Waals surface area contributed by atoms with Crippen molar-refractivity contribution in [2.24, 2.45) is 0 Å². The number of aryl methyl sites for hydroxylation is 1. The molecular formula is C25H32N8O3. The highest BCUT2D eigenvalue weighted by Gasteiger charge is 2.20. The highest BCUT2D eigenvalue weighted by molar-refractivity contribution is 6.04. The number of anilines is 4. The van der Waals surface area contributed by atoms with Gasteiger partial charge in [0.05, 0.1) is 19.8 Å². The van der Waals surface area contributed by atoms with E-state index in [4.69, 9.17) is 9.84 Å². The van der Waals surface area contributed by atoms with Crippen LogP contribution >= 0.6 is 0 Å². The van der Waals surface area contributed by atoms with Crippen LogP contribution in [0.25, 0.3) is 0 Å². The van der Waals surface area contributed by atoms with Gasteiger partial charge in [0.1, 0.15) is 11.6 Å². The van der Waals surface area contributed by atoms with Crippen molar-refractivity contribution < 1.29 is 14.6 Å². The van der Waals surface area contributed by atoms with E-state index in [-0.39, 0.29) is 12.5 Å². The summed E-state index contributed by atoms with van der Waals surface area (Å²) < 4.78 is 5.37. The molecule has 1 aliphatic heterocycles. The number of pyridine rings is 1. The molecule has 2 aromatic heterocycles. The predicted molar refractivity (Wildman–Crippen MR) is 138 cm³/mol. The van der Waals surface area contributed by atoms with E-state index < -0.39 is 0 Å². The Morgan fingerprint density at radius 2 is 1.86 bits per heavy atom. The molecule has 36 heavy (non-hydrogen) atoms. The highest BCUT2D eigenvalue weighted by atomic mass is 16.5. The Kier molecular flexibility index (Phi) is 9.09. The first-order valence-corrected chi connectivity index (χ1v) is 12.1. The number of para-hydroxylation sites is 1. The summed E-state index contributed by atoms with van der Waals surface area (Å²) in [5.74, 6) is 1.95. The molecule has 3 aromatic rings. The fourth-order valence-corrected chi connectivity index (χ4v) is 3.77. The average molecular weight is 493 g/mol. The largest absolute Gasteiger partial charge is 0.394 e. The molecule has 1 aromatic carbocycles. The van der Waals surface area contributed by atoms with Crippen LogP contribution in [0.1, 0.15) is 23.1 Å². The van der Waals surface area contributed by atoms with Crippen LogP contribution in [0.4, 0.5) is 23.4 Å². The van der Waals surface area contributed by atoms with Crippen LogP contribution in [0.2, 0.25) is 0 Å². The topological polar surface area (TPSA) is 129 Å². The quantitative estimate of drug-likeness (QED) is 0.342. The monoisotopic (exact) mass is 492 g/mol. The van der Waals surface area contributed by atoms with Gasteiger partial charge < -0.3 is 25.4 Å². The molecule has 11 heteroatoms. The molecule has 1 amide bonds. The number of amides is 1. The summed E-state index contributed by atoms with van der Waals surface area (Å²) in [6, 6.07) is 12.6. The zero-order chi connectivity index (χ0) is 25.2. The molecule has 0 atom stereocenters. The van der Waals surface area contributed by atoms with Crippen molar-refractivity contribution in [1.82, 2.24) is 24.8 Å². The van der Waals surface area contributed by atoms with Gasteiger partial charge in [0.25, 0.3) is 5.91 Å². The summed E-state index contributed by atoms with van der Waals surface area (Å²) in [7, 11) is 0.